The van der Waals surface area contributed by atoms with E-state index in [0.717, 1.165) is 5.56 Å². The average Bonchev–Trinajstić information content (AvgIpc) is 2.75. The molecule has 0 aliphatic carbocycles. The van der Waals surface area contributed by atoms with Crippen molar-refractivity contribution in [2.24, 2.45) is 7.05 Å². The van der Waals surface area contributed by atoms with Crippen LogP contribution in [-0.2, 0) is 13.6 Å². The van der Waals surface area contributed by atoms with E-state index >= 15 is 0 Å². The summed E-state index contributed by atoms with van der Waals surface area (Å²) in [7, 11) is 1.72. The van der Waals surface area contributed by atoms with Gasteiger partial charge in [-0.15, -0.1) is 5.10 Å². The molecule has 0 radical (unpaired) electrons. The minimum atomic E-state index is -0.254. The van der Waals surface area contributed by atoms with Crippen LogP contribution in [0.5, 0.6) is 0 Å². The summed E-state index contributed by atoms with van der Waals surface area (Å²) in [4.78, 5) is 0.520. The summed E-state index contributed by atoms with van der Waals surface area (Å²) < 4.78 is 15.5. The topological polar surface area (TPSA) is 55.6 Å². The summed E-state index contributed by atoms with van der Waals surface area (Å²) >= 11 is 1.21. The summed E-state index contributed by atoms with van der Waals surface area (Å²) in [6, 6.07) is 5.58. The van der Waals surface area contributed by atoms with Gasteiger partial charge in [0.05, 0.1) is 4.90 Å². The van der Waals surface area contributed by atoms with Gasteiger partial charge in [-0.2, -0.15) is 0 Å². The highest BCUT2D eigenvalue weighted by Crippen LogP contribution is 2.27. The molecule has 0 aliphatic rings. The molecule has 0 saturated heterocycles. The van der Waals surface area contributed by atoms with Crippen molar-refractivity contribution in [3.63, 3.8) is 0 Å². The summed E-state index contributed by atoms with van der Waals surface area (Å²) in [6.07, 6.45) is 0. The number of aryl methyl sites for hydroxylation is 1. The number of rotatable bonds is 5. The standard InChI is InChI=1S/C12H16FN5S/c1-8(2)14-7-9-4-5-11(10(13)6-9)19-12-15-16-17-18(12)3/h4-6,8,14H,7H2,1-3H3. The third kappa shape index (κ3) is 3.74. The second-order valence-electron chi connectivity index (χ2n) is 4.49. The quantitative estimate of drug-likeness (QED) is 0.908. The van der Waals surface area contributed by atoms with Crippen molar-refractivity contribution in [2.45, 2.75) is 36.5 Å². The maximum Gasteiger partial charge on any atom is 0.213 e. The van der Waals surface area contributed by atoms with Crippen LogP contribution in [0.2, 0.25) is 0 Å². The lowest BCUT2D eigenvalue weighted by atomic mass is 10.2. The monoisotopic (exact) mass is 281 g/mol. The van der Waals surface area contributed by atoms with Crippen molar-refractivity contribution < 1.29 is 4.39 Å². The van der Waals surface area contributed by atoms with Crippen LogP contribution in [0.4, 0.5) is 4.39 Å². The Morgan fingerprint density at radius 3 is 2.79 bits per heavy atom. The second kappa shape index (κ2) is 6.12. The first-order chi connectivity index (χ1) is 9.06. The summed E-state index contributed by atoms with van der Waals surface area (Å²) in [5, 5.41) is 14.9. The van der Waals surface area contributed by atoms with Crippen LogP contribution in [0.15, 0.2) is 28.3 Å². The smallest absolute Gasteiger partial charge is 0.213 e. The van der Waals surface area contributed by atoms with Crippen LogP contribution in [0.3, 0.4) is 0 Å². The minimum absolute atomic E-state index is 0.254. The Kier molecular flexibility index (Phi) is 4.49. The molecule has 0 atom stereocenters. The highest BCUT2D eigenvalue weighted by Gasteiger charge is 2.10. The van der Waals surface area contributed by atoms with Gasteiger partial charge < -0.3 is 5.32 Å². The number of benzene rings is 1. The van der Waals surface area contributed by atoms with Gasteiger partial charge in [-0.3, -0.25) is 0 Å². The van der Waals surface area contributed by atoms with Gasteiger partial charge in [0.25, 0.3) is 0 Å². The Balaban J connectivity index is 2.09. The van der Waals surface area contributed by atoms with Crippen LogP contribution >= 0.6 is 11.8 Å². The summed E-state index contributed by atoms with van der Waals surface area (Å²) in [5.41, 5.74) is 0.923. The van der Waals surface area contributed by atoms with Gasteiger partial charge in [0.15, 0.2) is 0 Å². The molecule has 102 valence electrons. The van der Waals surface area contributed by atoms with Gasteiger partial charge in [0, 0.05) is 19.6 Å². The number of tetrazole rings is 1. The molecule has 19 heavy (non-hydrogen) atoms. The fourth-order valence-electron chi connectivity index (χ4n) is 1.47. The van der Waals surface area contributed by atoms with E-state index in [0.29, 0.717) is 22.6 Å². The van der Waals surface area contributed by atoms with Crippen LogP contribution in [0.1, 0.15) is 19.4 Å². The van der Waals surface area contributed by atoms with Crippen LogP contribution < -0.4 is 5.32 Å². The van der Waals surface area contributed by atoms with Crippen molar-refractivity contribution >= 4 is 11.8 Å². The third-order valence-electron chi connectivity index (χ3n) is 2.49. The van der Waals surface area contributed by atoms with Crippen LogP contribution in [0, 0.1) is 5.82 Å². The van der Waals surface area contributed by atoms with E-state index in [2.05, 4.69) is 34.7 Å². The number of hydrogen-bond acceptors (Lipinski definition) is 5. The molecule has 1 aromatic carbocycles. The molecule has 0 unspecified atom stereocenters. The van der Waals surface area contributed by atoms with Gasteiger partial charge in [0.1, 0.15) is 5.82 Å². The zero-order valence-electron chi connectivity index (χ0n) is 11.1. The van der Waals surface area contributed by atoms with Crippen molar-refractivity contribution in [3.8, 4) is 0 Å². The lowest BCUT2D eigenvalue weighted by Crippen LogP contribution is -2.21. The van der Waals surface area contributed by atoms with E-state index in [1.807, 2.05) is 6.07 Å². The van der Waals surface area contributed by atoms with Gasteiger partial charge in [-0.1, -0.05) is 19.9 Å². The van der Waals surface area contributed by atoms with Crippen LogP contribution in [0.25, 0.3) is 0 Å². The zero-order valence-corrected chi connectivity index (χ0v) is 11.9. The predicted octanol–water partition coefficient (Wildman–Crippen LogP) is 2.00. The average molecular weight is 281 g/mol. The summed E-state index contributed by atoms with van der Waals surface area (Å²) in [5.74, 6) is -0.254. The molecular formula is C12H16FN5S. The molecule has 5 nitrogen and oxygen atoms in total. The normalized spacial score (nSPS) is 11.2. The van der Waals surface area contributed by atoms with E-state index in [4.69, 9.17) is 0 Å². The van der Waals surface area contributed by atoms with Crippen molar-refractivity contribution in [3.05, 3.63) is 29.6 Å². The van der Waals surface area contributed by atoms with Crippen LogP contribution in [-0.4, -0.2) is 26.2 Å². The molecule has 7 heteroatoms. The van der Waals surface area contributed by atoms with Crippen molar-refractivity contribution in [2.75, 3.05) is 0 Å². The Morgan fingerprint density at radius 2 is 2.21 bits per heavy atom. The fraction of sp³-hybridized carbons (Fsp3) is 0.417. The van der Waals surface area contributed by atoms with Gasteiger partial charge in [-0.05, 0) is 39.9 Å². The lowest BCUT2D eigenvalue weighted by molar-refractivity contribution is 0.574. The molecule has 0 saturated carbocycles. The van der Waals surface area contributed by atoms with E-state index in [1.165, 1.54) is 16.4 Å². The zero-order chi connectivity index (χ0) is 13.8. The van der Waals surface area contributed by atoms with E-state index in [1.54, 1.807) is 19.2 Å². The molecule has 0 amide bonds. The Morgan fingerprint density at radius 1 is 1.42 bits per heavy atom. The van der Waals surface area contributed by atoms with E-state index in [9.17, 15) is 4.39 Å². The number of aromatic nitrogens is 4. The van der Waals surface area contributed by atoms with Gasteiger partial charge >= 0.3 is 0 Å². The lowest BCUT2D eigenvalue weighted by Gasteiger charge is -2.09. The largest absolute Gasteiger partial charge is 0.310 e. The van der Waals surface area contributed by atoms with Gasteiger partial charge in [0.2, 0.25) is 5.16 Å². The van der Waals surface area contributed by atoms with Crippen molar-refractivity contribution in [1.29, 1.82) is 0 Å². The van der Waals surface area contributed by atoms with E-state index in [-0.39, 0.29) is 5.82 Å². The predicted molar refractivity (Wildman–Crippen MR) is 71.3 cm³/mol. The minimum Gasteiger partial charge on any atom is -0.310 e. The first-order valence-electron chi connectivity index (χ1n) is 5.98. The Hall–Kier alpha value is -1.47. The molecule has 1 heterocycles. The third-order valence-corrected chi connectivity index (χ3v) is 3.57. The molecule has 2 aromatic rings. The Bertz CT molecular complexity index is 555. The molecular weight excluding hydrogens is 265 g/mol. The molecule has 1 aromatic heterocycles. The maximum absolute atomic E-state index is 14.0. The first kappa shape index (κ1) is 14.0. The SMILES string of the molecule is CC(C)NCc1ccc(Sc2nnnn2C)c(F)c1. The van der Waals surface area contributed by atoms with E-state index < -0.39 is 0 Å². The molecule has 0 fully saturated rings. The number of nitrogens with one attached hydrogen (secondary N) is 1. The first-order valence-corrected chi connectivity index (χ1v) is 6.80. The molecule has 0 spiro atoms. The molecule has 1 N–H and O–H groups in total. The number of nitrogens with zero attached hydrogens (tertiary/aromatic N) is 4. The summed E-state index contributed by atoms with van der Waals surface area (Å²) in [6.45, 7) is 4.77. The second-order valence-corrected chi connectivity index (χ2v) is 5.50. The number of hydrogen-bond donors (Lipinski definition) is 1. The van der Waals surface area contributed by atoms with Crippen molar-refractivity contribution in [1.82, 2.24) is 25.5 Å². The maximum atomic E-state index is 14.0. The fourth-order valence-corrected chi connectivity index (χ4v) is 2.20. The molecule has 2 rings (SSSR count). The highest BCUT2D eigenvalue weighted by atomic mass is 32.2. The highest BCUT2D eigenvalue weighted by molar-refractivity contribution is 7.99. The Labute approximate surface area is 115 Å². The molecule has 0 aliphatic heterocycles. The number of halogens is 1. The van der Waals surface area contributed by atoms with Gasteiger partial charge in [-0.25, -0.2) is 9.07 Å². The molecule has 0 bridgehead atoms.